The molecule has 148 valence electrons. The molecule has 0 spiro atoms. The number of nitrogens with zero attached hydrogens (tertiary/aromatic N) is 1. The predicted molar refractivity (Wildman–Crippen MR) is 117 cm³/mol. The molecule has 26 heavy (non-hydrogen) atoms. The third-order valence-corrected chi connectivity index (χ3v) is 4.72. The summed E-state index contributed by atoms with van der Waals surface area (Å²) < 4.78 is 19.8. The van der Waals surface area contributed by atoms with Gasteiger partial charge in [-0.1, -0.05) is 22.0 Å². The van der Waals surface area contributed by atoms with Crippen molar-refractivity contribution in [1.29, 1.82) is 0 Å². The normalized spacial score (nSPS) is 16.7. The lowest BCUT2D eigenvalue weighted by Crippen LogP contribution is -2.42. The van der Waals surface area contributed by atoms with E-state index in [0.29, 0.717) is 57.1 Å². The number of ether oxygens (including phenoxy) is 1. The van der Waals surface area contributed by atoms with Gasteiger partial charge >= 0.3 is 0 Å². The standard InChI is InChI=1S/C18H27BrFN3O2.HI/c1-2-21-17(23-13-18(24)7-10-25-11-8-18)22-9-3-4-14-5-6-15(19)12-16(14)20;/h5-6,12,24H,2-4,7-11,13H2,1H3,(H2,21,22,23);1H. The number of hydrogen-bond donors (Lipinski definition) is 3. The molecule has 1 aromatic rings. The number of guanidine groups is 1. The number of benzene rings is 1. The van der Waals surface area contributed by atoms with Crippen LogP contribution in [0.15, 0.2) is 27.7 Å². The van der Waals surface area contributed by atoms with Crippen molar-refractivity contribution in [2.24, 2.45) is 4.99 Å². The summed E-state index contributed by atoms with van der Waals surface area (Å²) in [6.07, 6.45) is 2.67. The van der Waals surface area contributed by atoms with Gasteiger partial charge in [0.2, 0.25) is 0 Å². The SMILES string of the molecule is CCNC(=NCC1(O)CCOCC1)NCCCc1ccc(Br)cc1F.I. The fourth-order valence-corrected chi connectivity index (χ4v) is 3.02. The van der Waals surface area contributed by atoms with Crippen LogP contribution in [0.5, 0.6) is 0 Å². The van der Waals surface area contributed by atoms with Crippen molar-refractivity contribution in [2.45, 2.75) is 38.2 Å². The number of halogens is 3. The molecule has 0 aliphatic carbocycles. The van der Waals surface area contributed by atoms with Gasteiger partial charge in [0.25, 0.3) is 0 Å². The summed E-state index contributed by atoms with van der Waals surface area (Å²) in [6, 6.07) is 5.15. The largest absolute Gasteiger partial charge is 0.388 e. The molecule has 1 aromatic carbocycles. The highest BCUT2D eigenvalue weighted by atomic mass is 127. The zero-order chi connectivity index (χ0) is 18.1. The Bertz CT molecular complexity index is 584. The van der Waals surface area contributed by atoms with Crippen molar-refractivity contribution < 1.29 is 14.2 Å². The van der Waals surface area contributed by atoms with Crippen LogP contribution in [0.1, 0.15) is 31.7 Å². The Morgan fingerprint density at radius 3 is 2.73 bits per heavy atom. The molecule has 0 unspecified atom stereocenters. The summed E-state index contributed by atoms with van der Waals surface area (Å²) in [7, 11) is 0. The number of aliphatic hydroxyl groups is 1. The van der Waals surface area contributed by atoms with E-state index in [2.05, 4.69) is 31.6 Å². The van der Waals surface area contributed by atoms with E-state index in [4.69, 9.17) is 4.74 Å². The van der Waals surface area contributed by atoms with Crippen molar-refractivity contribution in [3.63, 3.8) is 0 Å². The maximum absolute atomic E-state index is 13.8. The van der Waals surface area contributed by atoms with Gasteiger partial charge in [0.1, 0.15) is 5.82 Å². The van der Waals surface area contributed by atoms with Crippen molar-refractivity contribution >= 4 is 45.9 Å². The monoisotopic (exact) mass is 543 g/mol. The number of aryl methyl sites for hydroxylation is 1. The van der Waals surface area contributed by atoms with Crippen LogP contribution in [-0.2, 0) is 11.2 Å². The zero-order valence-electron chi connectivity index (χ0n) is 15.1. The number of aliphatic imine (C=N–C) groups is 1. The molecule has 1 heterocycles. The lowest BCUT2D eigenvalue weighted by atomic mass is 9.95. The average molecular weight is 544 g/mol. The van der Waals surface area contributed by atoms with Gasteiger partial charge in [0.05, 0.1) is 12.1 Å². The van der Waals surface area contributed by atoms with E-state index in [9.17, 15) is 9.50 Å². The van der Waals surface area contributed by atoms with Gasteiger partial charge < -0.3 is 20.5 Å². The fraction of sp³-hybridized carbons (Fsp3) is 0.611. The van der Waals surface area contributed by atoms with E-state index in [1.165, 1.54) is 6.07 Å². The van der Waals surface area contributed by atoms with Gasteiger partial charge in [-0.3, -0.25) is 4.99 Å². The Kier molecular flexibility index (Phi) is 11.0. The first-order valence-electron chi connectivity index (χ1n) is 8.79. The number of nitrogens with one attached hydrogen (secondary N) is 2. The molecular weight excluding hydrogens is 516 g/mol. The van der Waals surface area contributed by atoms with E-state index in [-0.39, 0.29) is 29.8 Å². The third kappa shape index (κ3) is 8.06. The van der Waals surface area contributed by atoms with E-state index in [1.807, 2.05) is 13.0 Å². The summed E-state index contributed by atoms with van der Waals surface area (Å²) in [4.78, 5) is 4.49. The van der Waals surface area contributed by atoms with Crippen LogP contribution < -0.4 is 10.6 Å². The summed E-state index contributed by atoms with van der Waals surface area (Å²) in [5, 5.41) is 16.9. The molecule has 0 atom stereocenters. The second kappa shape index (κ2) is 12.1. The second-order valence-corrected chi connectivity index (χ2v) is 7.21. The number of hydrogen-bond acceptors (Lipinski definition) is 3. The van der Waals surface area contributed by atoms with E-state index >= 15 is 0 Å². The van der Waals surface area contributed by atoms with Gasteiger partial charge in [0, 0.05) is 43.6 Å². The van der Waals surface area contributed by atoms with Crippen molar-refractivity contribution in [3.8, 4) is 0 Å². The highest BCUT2D eigenvalue weighted by Crippen LogP contribution is 2.20. The van der Waals surface area contributed by atoms with Crippen LogP contribution in [0, 0.1) is 5.82 Å². The molecule has 3 N–H and O–H groups in total. The average Bonchev–Trinajstić information content (AvgIpc) is 2.58. The van der Waals surface area contributed by atoms with E-state index in [0.717, 1.165) is 17.4 Å². The molecular formula is C18H28BrFIN3O2. The summed E-state index contributed by atoms with van der Waals surface area (Å²) >= 11 is 3.26. The molecule has 0 bridgehead atoms. The van der Waals surface area contributed by atoms with Gasteiger partial charge in [0.15, 0.2) is 5.96 Å². The minimum atomic E-state index is -0.777. The van der Waals surface area contributed by atoms with Crippen LogP contribution >= 0.6 is 39.9 Å². The first kappa shape index (κ1) is 23.6. The van der Waals surface area contributed by atoms with E-state index in [1.54, 1.807) is 6.07 Å². The molecule has 0 radical (unpaired) electrons. The van der Waals surface area contributed by atoms with Crippen LogP contribution in [0.2, 0.25) is 0 Å². The second-order valence-electron chi connectivity index (χ2n) is 6.30. The lowest BCUT2D eigenvalue weighted by molar-refractivity contribution is -0.0565. The molecule has 5 nitrogen and oxygen atoms in total. The molecule has 1 aliphatic heterocycles. The van der Waals surface area contributed by atoms with Crippen LogP contribution in [-0.4, -0.2) is 49.5 Å². The van der Waals surface area contributed by atoms with E-state index < -0.39 is 5.60 Å². The Morgan fingerprint density at radius 1 is 1.35 bits per heavy atom. The van der Waals surface area contributed by atoms with Gasteiger partial charge in [-0.15, -0.1) is 24.0 Å². The molecule has 1 saturated heterocycles. The molecule has 1 fully saturated rings. The van der Waals surface area contributed by atoms with Crippen LogP contribution in [0.25, 0.3) is 0 Å². The zero-order valence-corrected chi connectivity index (χ0v) is 19.0. The lowest BCUT2D eigenvalue weighted by Gasteiger charge is -2.30. The maximum atomic E-state index is 13.8. The van der Waals surface area contributed by atoms with Gasteiger partial charge in [-0.2, -0.15) is 0 Å². The Labute approximate surface area is 180 Å². The Morgan fingerprint density at radius 2 is 2.08 bits per heavy atom. The first-order valence-corrected chi connectivity index (χ1v) is 9.58. The predicted octanol–water partition coefficient (Wildman–Crippen LogP) is 3.24. The smallest absolute Gasteiger partial charge is 0.191 e. The van der Waals surface area contributed by atoms with Crippen molar-refractivity contribution in [2.75, 3.05) is 32.8 Å². The molecule has 0 aromatic heterocycles. The molecule has 0 saturated carbocycles. The Balaban J connectivity index is 0.00000338. The highest BCUT2D eigenvalue weighted by molar-refractivity contribution is 14.0. The first-order chi connectivity index (χ1) is 12.0. The Hall–Kier alpha value is -0.450. The maximum Gasteiger partial charge on any atom is 0.191 e. The topological polar surface area (TPSA) is 65.9 Å². The molecule has 0 amide bonds. The van der Waals surface area contributed by atoms with Crippen LogP contribution in [0.4, 0.5) is 4.39 Å². The minimum Gasteiger partial charge on any atom is -0.388 e. The quantitative estimate of drug-likeness (QED) is 0.214. The van der Waals surface area contributed by atoms with Crippen molar-refractivity contribution in [1.82, 2.24) is 10.6 Å². The summed E-state index contributed by atoms with van der Waals surface area (Å²) in [6.45, 7) is 4.94. The molecule has 1 aliphatic rings. The van der Waals surface area contributed by atoms with Crippen molar-refractivity contribution in [3.05, 3.63) is 34.1 Å². The highest BCUT2D eigenvalue weighted by Gasteiger charge is 2.29. The van der Waals surface area contributed by atoms with Gasteiger partial charge in [-0.05, 0) is 37.5 Å². The summed E-state index contributed by atoms with van der Waals surface area (Å²) in [5.41, 5.74) is -0.0651. The molecule has 2 rings (SSSR count). The minimum absolute atomic E-state index is 0. The van der Waals surface area contributed by atoms with Crippen LogP contribution in [0.3, 0.4) is 0 Å². The fourth-order valence-electron chi connectivity index (χ4n) is 2.69. The number of rotatable bonds is 7. The van der Waals surface area contributed by atoms with Gasteiger partial charge in [-0.25, -0.2) is 4.39 Å². The molecule has 8 heteroatoms. The summed E-state index contributed by atoms with van der Waals surface area (Å²) in [5.74, 6) is 0.496. The third-order valence-electron chi connectivity index (χ3n) is 4.23.